The lowest BCUT2D eigenvalue weighted by atomic mass is 9.94. The van der Waals surface area contributed by atoms with Gasteiger partial charge >= 0.3 is 5.97 Å². The van der Waals surface area contributed by atoms with Crippen LogP contribution in [0.2, 0.25) is 0 Å². The number of halogens is 1. The van der Waals surface area contributed by atoms with E-state index in [1.165, 1.54) is 4.88 Å². The van der Waals surface area contributed by atoms with Gasteiger partial charge in [0, 0.05) is 23.8 Å². The Kier molecular flexibility index (Phi) is 4.90. The maximum Gasteiger partial charge on any atom is 0.307 e. The predicted molar refractivity (Wildman–Crippen MR) is 90.0 cm³/mol. The van der Waals surface area contributed by atoms with Gasteiger partial charge in [-0.3, -0.25) is 14.7 Å². The fraction of sp³-hybridized carbons (Fsp3) is 0.375. The van der Waals surface area contributed by atoms with Crippen molar-refractivity contribution in [1.82, 2.24) is 9.88 Å². The van der Waals surface area contributed by atoms with Crippen LogP contribution in [0.5, 0.6) is 0 Å². The molecule has 0 aromatic carbocycles. The molecule has 0 saturated carbocycles. The van der Waals surface area contributed by atoms with Gasteiger partial charge in [-0.05, 0) is 65.1 Å². The molecule has 0 amide bonds. The maximum atomic E-state index is 11.4. The van der Waals surface area contributed by atoms with Crippen molar-refractivity contribution >= 4 is 33.2 Å². The molecule has 1 aliphatic rings. The maximum absolute atomic E-state index is 11.4. The first kappa shape index (κ1) is 15.6. The van der Waals surface area contributed by atoms with Gasteiger partial charge in [-0.2, -0.15) is 0 Å². The van der Waals surface area contributed by atoms with E-state index >= 15 is 0 Å². The normalized spacial score (nSPS) is 20.7. The molecule has 6 heteroatoms. The van der Waals surface area contributed by atoms with Crippen molar-refractivity contribution in [1.29, 1.82) is 0 Å². The van der Waals surface area contributed by atoms with Gasteiger partial charge in [-0.25, -0.2) is 0 Å². The molecule has 1 aliphatic heterocycles. The largest absolute Gasteiger partial charge is 0.481 e. The quantitative estimate of drug-likeness (QED) is 0.876. The summed E-state index contributed by atoms with van der Waals surface area (Å²) in [5.74, 6) is -0.966. The van der Waals surface area contributed by atoms with Crippen LogP contribution in [0.15, 0.2) is 40.4 Å². The average molecular weight is 381 g/mol. The third kappa shape index (κ3) is 3.39. The highest BCUT2D eigenvalue weighted by Crippen LogP contribution is 2.37. The van der Waals surface area contributed by atoms with Gasteiger partial charge in [0.15, 0.2) is 0 Å². The smallest absolute Gasteiger partial charge is 0.307 e. The fourth-order valence-corrected chi connectivity index (χ4v) is 4.61. The molecular weight excluding hydrogens is 364 g/mol. The molecule has 3 rings (SSSR count). The number of aliphatic carboxylic acids is 1. The Bertz CT molecular complexity index is 647. The number of hydrogen-bond acceptors (Lipinski definition) is 4. The number of pyridine rings is 1. The summed E-state index contributed by atoms with van der Waals surface area (Å²) in [6.07, 6.45) is 5.28. The minimum absolute atomic E-state index is 0.0986. The molecule has 1 N–H and O–H groups in total. The monoisotopic (exact) mass is 380 g/mol. The molecule has 3 heterocycles. The summed E-state index contributed by atoms with van der Waals surface area (Å²) in [6.45, 7) is 1.52. The van der Waals surface area contributed by atoms with E-state index in [4.69, 9.17) is 0 Å². The van der Waals surface area contributed by atoms with E-state index < -0.39 is 5.97 Å². The van der Waals surface area contributed by atoms with Gasteiger partial charge in [-0.1, -0.05) is 0 Å². The van der Waals surface area contributed by atoms with E-state index in [2.05, 4.69) is 31.9 Å². The van der Waals surface area contributed by atoms with E-state index in [9.17, 15) is 9.90 Å². The first-order valence-corrected chi connectivity index (χ1v) is 8.88. The Morgan fingerprint density at radius 2 is 2.14 bits per heavy atom. The van der Waals surface area contributed by atoms with Gasteiger partial charge in [0.25, 0.3) is 0 Å². The van der Waals surface area contributed by atoms with Crippen LogP contribution < -0.4 is 0 Å². The van der Waals surface area contributed by atoms with Crippen LogP contribution in [-0.4, -0.2) is 34.0 Å². The van der Waals surface area contributed by atoms with Gasteiger partial charge in [0.2, 0.25) is 0 Å². The Morgan fingerprint density at radius 1 is 1.36 bits per heavy atom. The lowest BCUT2D eigenvalue weighted by Crippen LogP contribution is -2.41. The third-order valence-corrected chi connectivity index (χ3v) is 5.73. The molecule has 22 heavy (non-hydrogen) atoms. The number of likely N-dealkylation sites (tertiary alicyclic amines) is 1. The standard InChI is InChI=1S/C16H17BrN2O2S/c17-14-4-3-13(22-14)15(11-5-7-18-8-6-11)19-9-1-2-12(10-19)16(20)21/h3-8,12,15H,1-2,9-10H2,(H,20,21). The second-order valence-electron chi connectivity index (χ2n) is 5.50. The van der Waals surface area contributed by atoms with Crippen molar-refractivity contribution < 1.29 is 9.90 Å². The van der Waals surface area contributed by atoms with Crippen LogP contribution in [0.4, 0.5) is 0 Å². The van der Waals surface area contributed by atoms with Crippen molar-refractivity contribution in [3.63, 3.8) is 0 Å². The second kappa shape index (κ2) is 6.89. The van der Waals surface area contributed by atoms with Gasteiger partial charge in [-0.15, -0.1) is 11.3 Å². The fourth-order valence-electron chi connectivity index (χ4n) is 3.02. The zero-order valence-corrected chi connectivity index (χ0v) is 14.4. The molecular formula is C16H17BrN2O2S. The molecule has 116 valence electrons. The van der Waals surface area contributed by atoms with Crippen LogP contribution >= 0.6 is 27.3 Å². The molecule has 0 radical (unpaired) electrons. The van der Waals surface area contributed by atoms with E-state index in [1.807, 2.05) is 18.2 Å². The van der Waals surface area contributed by atoms with Crippen LogP contribution in [0.25, 0.3) is 0 Å². The molecule has 0 spiro atoms. The summed E-state index contributed by atoms with van der Waals surface area (Å²) in [5, 5.41) is 9.34. The summed E-state index contributed by atoms with van der Waals surface area (Å²) >= 11 is 5.23. The zero-order valence-electron chi connectivity index (χ0n) is 12.0. The topological polar surface area (TPSA) is 53.4 Å². The number of rotatable bonds is 4. The molecule has 0 aliphatic carbocycles. The van der Waals surface area contributed by atoms with E-state index in [0.717, 1.165) is 28.7 Å². The Labute approximate surface area is 141 Å². The van der Waals surface area contributed by atoms with Crippen molar-refractivity contribution in [3.8, 4) is 0 Å². The van der Waals surface area contributed by atoms with E-state index in [1.54, 1.807) is 23.7 Å². The number of nitrogens with zero attached hydrogens (tertiary/aromatic N) is 2. The first-order chi connectivity index (χ1) is 10.6. The molecule has 2 unspecified atom stereocenters. The second-order valence-corrected chi connectivity index (χ2v) is 7.99. The summed E-state index contributed by atoms with van der Waals surface area (Å²) in [5.41, 5.74) is 1.16. The van der Waals surface area contributed by atoms with Crippen LogP contribution in [-0.2, 0) is 4.79 Å². The number of aromatic nitrogens is 1. The molecule has 2 aromatic heterocycles. The minimum atomic E-state index is -0.689. The van der Waals surface area contributed by atoms with Gasteiger partial charge in [0.1, 0.15) is 0 Å². The van der Waals surface area contributed by atoms with Crippen molar-refractivity contribution in [3.05, 3.63) is 50.9 Å². The Morgan fingerprint density at radius 3 is 2.77 bits per heavy atom. The van der Waals surface area contributed by atoms with Crippen LogP contribution in [0, 0.1) is 5.92 Å². The number of carbonyl (C=O) groups is 1. The number of thiophene rings is 1. The summed E-state index contributed by atoms with van der Waals surface area (Å²) < 4.78 is 1.09. The first-order valence-electron chi connectivity index (χ1n) is 7.27. The predicted octanol–water partition coefficient (Wildman–Crippen LogP) is 3.79. The van der Waals surface area contributed by atoms with E-state index in [-0.39, 0.29) is 12.0 Å². The number of piperidine rings is 1. The van der Waals surface area contributed by atoms with Crippen LogP contribution in [0.3, 0.4) is 0 Å². The molecule has 1 fully saturated rings. The average Bonchev–Trinajstić information content (AvgIpc) is 2.95. The Hall–Kier alpha value is -1.24. The van der Waals surface area contributed by atoms with Gasteiger partial charge in [0.05, 0.1) is 15.7 Å². The molecule has 2 aromatic rings. The highest BCUT2D eigenvalue weighted by atomic mass is 79.9. The summed E-state index contributed by atoms with van der Waals surface area (Å²) in [4.78, 5) is 19.0. The highest BCUT2D eigenvalue weighted by Gasteiger charge is 2.31. The van der Waals surface area contributed by atoms with E-state index in [0.29, 0.717) is 6.54 Å². The third-order valence-electron chi connectivity index (χ3n) is 4.05. The lowest BCUT2D eigenvalue weighted by Gasteiger charge is -2.36. The molecule has 4 nitrogen and oxygen atoms in total. The zero-order chi connectivity index (χ0) is 15.5. The number of carboxylic acids is 1. The minimum Gasteiger partial charge on any atom is -0.481 e. The van der Waals surface area contributed by atoms with Crippen molar-refractivity contribution in [2.75, 3.05) is 13.1 Å². The highest BCUT2D eigenvalue weighted by molar-refractivity contribution is 9.11. The molecule has 2 atom stereocenters. The van der Waals surface area contributed by atoms with Crippen molar-refractivity contribution in [2.45, 2.75) is 18.9 Å². The lowest BCUT2D eigenvalue weighted by molar-refractivity contribution is -0.143. The summed E-state index contributed by atoms with van der Waals surface area (Å²) in [6, 6.07) is 8.30. The SMILES string of the molecule is O=C(O)C1CCCN(C(c2ccncc2)c2ccc(Br)s2)C1. The molecule has 0 bridgehead atoms. The van der Waals surface area contributed by atoms with Crippen LogP contribution in [0.1, 0.15) is 29.3 Å². The number of carboxylic acid groups (broad SMARTS) is 1. The summed E-state index contributed by atoms with van der Waals surface area (Å²) in [7, 11) is 0. The Balaban J connectivity index is 1.93. The number of hydrogen-bond donors (Lipinski definition) is 1. The molecule has 1 saturated heterocycles. The van der Waals surface area contributed by atoms with Gasteiger partial charge < -0.3 is 5.11 Å². The van der Waals surface area contributed by atoms with Crippen molar-refractivity contribution in [2.24, 2.45) is 5.92 Å².